The quantitative estimate of drug-likeness (QED) is 0.856. The lowest BCUT2D eigenvalue weighted by Gasteiger charge is -2.41. The highest BCUT2D eigenvalue weighted by Crippen LogP contribution is 2.30. The van der Waals surface area contributed by atoms with E-state index >= 15 is 0 Å². The molecule has 1 N–H and O–H groups in total. The minimum Gasteiger partial charge on any atom is -0.493 e. The van der Waals surface area contributed by atoms with Gasteiger partial charge < -0.3 is 14.6 Å². The first-order valence-corrected chi connectivity index (χ1v) is 9.57. The van der Waals surface area contributed by atoms with E-state index in [1.165, 1.54) is 32.1 Å². The lowest BCUT2D eigenvalue weighted by Crippen LogP contribution is -2.51. The second kappa shape index (κ2) is 8.88. The zero-order valence-corrected chi connectivity index (χ0v) is 15.6. The first-order valence-electron chi connectivity index (χ1n) is 9.57. The summed E-state index contributed by atoms with van der Waals surface area (Å²) in [4.78, 5) is 5.04. The molecule has 140 valence electrons. The Morgan fingerprint density at radius 3 is 2.32 bits per heavy atom. The number of rotatable bonds is 6. The van der Waals surface area contributed by atoms with Crippen LogP contribution in [0.5, 0.6) is 11.5 Å². The molecular formula is C20H32N2O3. The molecule has 0 unspecified atom stereocenters. The molecule has 1 atom stereocenters. The number of β-amino-alcohol motifs (C(OH)–C–C–N with tert-alkyl or cyclic N) is 1. The summed E-state index contributed by atoms with van der Waals surface area (Å²) in [7, 11) is 3.25. The Bertz CT molecular complexity index is 538. The molecule has 0 radical (unpaired) electrons. The third kappa shape index (κ3) is 4.66. The molecule has 1 aromatic carbocycles. The third-order valence-corrected chi connectivity index (χ3v) is 5.72. The molecule has 5 heteroatoms. The maximum absolute atomic E-state index is 10.6. The van der Waals surface area contributed by atoms with Crippen LogP contribution in [-0.2, 0) is 0 Å². The number of nitrogens with zero attached hydrogens (tertiary/aromatic N) is 2. The van der Waals surface area contributed by atoms with Gasteiger partial charge >= 0.3 is 0 Å². The average molecular weight is 348 g/mol. The van der Waals surface area contributed by atoms with Crippen molar-refractivity contribution < 1.29 is 14.6 Å². The summed E-state index contributed by atoms with van der Waals surface area (Å²) in [5.74, 6) is 1.36. The smallest absolute Gasteiger partial charge is 0.161 e. The lowest BCUT2D eigenvalue weighted by atomic mass is 9.94. The van der Waals surface area contributed by atoms with Crippen molar-refractivity contribution in [1.82, 2.24) is 9.80 Å². The van der Waals surface area contributed by atoms with Crippen molar-refractivity contribution in [3.05, 3.63) is 23.8 Å². The van der Waals surface area contributed by atoms with Crippen LogP contribution >= 0.6 is 0 Å². The van der Waals surface area contributed by atoms with Crippen LogP contribution in [0.4, 0.5) is 0 Å². The predicted octanol–water partition coefficient (Wildman–Crippen LogP) is 2.69. The number of aliphatic hydroxyl groups is 1. The van der Waals surface area contributed by atoms with Crippen LogP contribution in [-0.4, -0.2) is 67.9 Å². The molecule has 0 spiro atoms. The minimum absolute atomic E-state index is 0.499. The summed E-state index contributed by atoms with van der Waals surface area (Å²) in [6, 6.07) is 6.46. The highest BCUT2D eigenvalue weighted by molar-refractivity contribution is 5.43. The highest BCUT2D eigenvalue weighted by atomic mass is 16.5. The monoisotopic (exact) mass is 348 g/mol. The van der Waals surface area contributed by atoms with Crippen LogP contribution in [0, 0.1) is 0 Å². The maximum Gasteiger partial charge on any atom is 0.161 e. The maximum atomic E-state index is 10.6. The first-order chi connectivity index (χ1) is 12.2. The van der Waals surface area contributed by atoms with Crippen molar-refractivity contribution in [3.63, 3.8) is 0 Å². The summed E-state index contributed by atoms with van der Waals surface area (Å²) < 4.78 is 10.6. The minimum atomic E-state index is -0.499. The SMILES string of the molecule is COc1ccc([C@H](O)CN2CCN(C3CCCCC3)CC2)cc1OC. The number of hydrogen-bond donors (Lipinski definition) is 1. The summed E-state index contributed by atoms with van der Waals surface area (Å²) in [6.07, 6.45) is 6.43. The second-order valence-electron chi connectivity index (χ2n) is 7.26. The van der Waals surface area contributed by atoms with Crippen molar-refractivity contribution >= 4 is 0 Å². The molecule has 0 aromatic heterocycles. The van der Waals surface area contributed by atoms with Gasteiger partial charge in [0.05, 0.1) is 20.3 Å². The number of methoxy groups -OCH3 is 2. The molecule has 2 aliphatic rings. The Hall–Kier alpha value is -1.30. The summed E-state index contributed by atoms with van der Waals surface area (Å²) in [5, 5.41) is 10.6. The molecule has 3 rings (SSSR count). The van der Waals surface area contributed by atoms with E-state index in [1.807, 2.05) is 18.2 Å². The summed E-state index contributed by atoms with van der Waals surface area (Å²) >= 11 is 0. The lowest BCUT2D eigenvalue weighted by molar-refractivity contribution is 0.0474. The molecule has 25 heavy (non-hydrogen) atoms. The fourth-order valence-electron chi connectivity index (χ4n) is 4.17. The van der Waals surface area contributed by atoms with Gasteiger partial charge in [-0.15, -0.1) is 0 Å². The van der Waals surface area contributed by atoms with Gasteiger partial charge in [0.25, 0.3) is 0 Å². The third-order valence-electron chi connectivity index (χ3n) is 5.72. The molecule has 0 bridgehead atoms. The normalized spacial score (nSPS) is 21.9. The molecule has 1 aliphatic heterocycles. The first kappa shape index (κ1) is 18.5. The zero-order chi connectivity index (χ0) is 17.6. The van der Waals surface area contributed by atoms with Crippen molar-refractivity contribution in [2.75, 3.05) is 46.9 Å². The number of ether oxygens (including phenoxy) is 2. The molecule has 0 amide bonds. The number of benzene rings is 1. The van der Waals surface area contributed by atoms with Gasteiger partial charge in [0.1, 0.15) is 0 Å². The number of aliphatic hydroxyl groups excluding tert-OH is 1. The van der Waals surface area contributed by atoms with E-state index in [1.54, 1.807) is 14.2 Å². The standard InChI is InChI=1S/C20H32N2O3/c1-24-19-9-8-16(14-20(19)25-2)18(23)15-21-10-12-22(13-11-21)17-6-4-3-5-7-17/h8-9,14,17-18,23H,3-7,10-13,15H2,1-2H3/t18-/m1/s1. The Balaban J connectivity index is 1.51. The van der Waals surface area contributed by atoms with Gasteiger partial charge in [0.15, 0.2) is 11.5 Å². The van der Waals surface area contributed by atoms with Crippen molar-refractivity contribution in [2.45, 2.75) is 44.2 Å². The van der Waals surface area contributed by atoms with Crippen LogP contribution in [0.15, 0.2) is 18.2 Å². The van der Waals surface area contributed by atoms with E-state index in [9.17, 15) is 5.11 Å². The number of piperazine rings is 1. The van der Waals surface area contributed by atoms with Crippen LogP contribution in [0.25, 0.3) is 0 Å². The molecule has 2 fully saturated rings. The van der Waals surface area contributed by atoms with Gasteiger partial charge in [-0.3, -0.25) is 9.80 Å². The van der Waals surface area contributed by atoms with Gasteiger partial charge in [-0.1, -0.05) is 25.3 Å². The molecular weight excluding hydrogens is 316 g/mol. The molecule has 5 nitrogen and oxygen atoms in total. The van der Waals surface area contributed by atoms with Gasteiger partial charge in [-0.25, -0.2) is 0 Å². The van der Waals surface area contributed by atoms with Crippen LogP contribution in [0.1, 0.15) is 43.8 Å². The predicted molar refractivity (Wildman–Crippen MR) is 99.4 cm³/mol. The second-order valence-corrected chi connectivity index (χ2v) is 7.26. The van der Waals surface area contributed by atoms with Gasteiger partial charge in [0.2, 0.25) is 0 Å². The zero-order valence-electron chi connectivity index (χ0n) is 15.6. The molecule has 1 saturated carbocycles. The Morgan fingerprint density at radius 2 is 1.68 bits per heavy atom. The van der Waals surface area contributed by atoms with Crippen molar-refractivity contribution in [2.24, 2.45) is 0 Å². The number of hydrogen-bond acceptors (Lipinski definition) is 5. The van der Waals surface area contributed by atoms with E-state index in [0.717, 1.165) is 37.8 Å². The molecule has 1 heterocycles. The molecule has 1 saturated heterocycles. The van der Waals surface area contributed by atoms with Crippen molar-refractivity contribution in [1.29, 1.82) is 0 Å². The van der Waals surface area contributed by atoms with Crippen LogP contribution in [0.3, 0.4) is 0 Å². The topological polar surface area (TPSA) is 45.2 Å². The van der Waals surface area contributed by atoms with E-state index in [4.69, 9.17) is 9.47 Å². The summed E-state index contributed by atoms with van der Waals surface area (Å²) in [5.41, 5.74) is 0.882. The average Bonchev–Trinajstić information content (AvgIpc) is 2.68. The van der Waals surface area contributed by atoms with Crippen LogP contribution in [0.2, 0.25) is 0 Å². The molecule has 1 aliphatic carbocycles. The van der Waals surface area contributed by atoms with Gasteiger partial charge in [-0.05, 0) is 30.5 Å². The largest absolute Gasteiger partial charge is 0.493 e. The van der Waals surface area contributed by atoms with Crippen LogP contribution < -0.4 is 9.47 Å². The Morgan fingerprint density at radius 1 is 1.00 bits per heavy atom. The van der Waals surface area contributed by atoms with E-state index in [-0.39, 0.29) is 0 Å². The van der Waals surface area contributed by atoms with Crippen molar-refractivity contribution in [3.8, 4) is 11.5 Å². The van der Waals surface area contributed by atoms with Gasteiger partial charge in [-0.2, -0.15) is 0 Å². The Kier molecular flexibility index (Phi) is 6.57. The molecule has 1 aromatic rings. The van der Waals surface area contributed by atoms with E-state index in [0.29, 0.717) is 18.0 Å². The summed E-state index contributed by atoms with van der Waals surface area (Å²) in [6.45, 7) is 5.02. The van der Waals surface area contributed by atoms with E-state index < -0.39 is 6.10 Å². The van der Waals surface area contributed by atoms with Gasteiger partial charge in [0, 0.05) is 38.8 Å². The fourth-order valence-corrected chi connectivity index (χ4v) is 4.17. The fraction of sp³-hybridized carbons (Fsp3) is 0.700. The Labute approximate surface area is 151 Å². The van der Waals surface area contributed by atoms with E-state index in [2.05, 4.69) is 9.80 Å². The highest BCUT2D eigenvalue weighted by Gasteiger charge is 2.26.